The van der Waals surface area contributed by atoms with Gasteiger partial charge in [0.15, 0.2) is 6.29 Å². The van der Waals surface area contributed by atoms with Crippen molar-refractivity contribution in [2.45, 2.75) is 6.42 Å². The first-order valence-electron chi connectivity index (χ1n) is 5.69. The Bertz CT molecular complexity index is 525. The van der Waals surface area contributed by atoms with Crippen LogP contribution < -0.4 is 4.90 Å². The molecule has 0 aliphatic carbocycles. The minimum absolute atomic E-state index is 0.651. The summed E-state index contributed by atoms with van der Waals surface area (Å²) >= 11 is 7.73. The standard InChI is InChI=1S/C14H14ClNOS/c1-16(7-6-13-3-2-8-18-13)14-9-12(15)5-4-11(14)10-17/h2-5,8-10H,6-7H2,1H3. The van der Waals surface area contributed by atoms with Gasteiger partial charge in [-0.15, -0.1) is 11.3 Å². The second kappa shape index (κ2) is 6.03. The molecule has 0 aliphatic rings. The summed E-state index contributed by atoms with van der Waals surface area (Å²) in [5, 5.41) is 2.73. The van der Waals surface area contributed by atoms with Crippen LogP contribution in [-0.4, -0.2) is 19.9 Å². The highest BCUT2D eigenvalue weighted by molar-refractivity contribution is 7.09. The monoisotopic (exact) mass is 279 g/mol. The van der Waals surface area contributed by atoms with Crippen molar-refractivity contribution in [3.8, 4) is 0 Å². The largest absolute Gasteiger partial charge is 0.374 e. The Hall–Kier alpha value is -1.32. The molecule has 0 saturated carbocycles. The van der Waals surface area contributed by atoms with Crippen LogP contribution in [-0.2, 0) is 6.42 Å². The summed E-state index contributed by atoms with van der Waals surface area (Å²) in [6.07, 6.45) is 1.84. The van der Waals surface area contributed by atoms with E-state index in [9.17, 15) is 4.79 Å². The molecule has 0 spiro atoms. The number of likely N-dealkylation sites (N-methyl/N-ethyl adjacent to an activating group) is 1. The van der Waals surface area contributed by atoms with Crippen molar-refractivity contribution in [3.63, 3.8) is 0 Å². The Kier molecular flexibility index (Phi) is 4.39. The molecule has 1 aromatic carbocycles. The van der Waals surface area contributed by atoms with E-state index in [1.807, 2.05) is 13.1 Å². The third-order valence-electron chi connectivity index (χ3n) is 2.80. The summed E-state index contributed by atoms with van der Waals surface area (Å²) in [4.78, 5) is 14.4. The van der Waals surface area contributed by atoms with Crippen LogP contribution in [0.5, 0.6) is 0 Å². The van der Waals surface area contributed by atoms with Crippen LogP contribution >= 0.6 is 22.9 Å². The molecule has 0 atom stereocenters. The summed E-state index contributed by atoms with van der Waals surface area (Å²) in [5.74, 6) is 0. The van der Waals surface area contributed by atoms with Gasteiger partial charge in [0.25, 0.3) is 0 Å². The van der Waals surface area contributed by atoms with E-state index in [4.69, 9.17) is 11.6 Å². The van der Waals surface area contributed by atoms with Crippen LogP contribution in [0.4, 0.5) is 5.69 Å². The fourth-order valence-electron chi connectivity index (χ4n) is 1.80. The van der Waals surface area contributed by atoms with E-state index in [0.717, 1.165) is 24.9 Å². The predicted octanol–water partition coefficient (Wildman–Crippen LogP) is 3.89. The fourth-order valence-corrected chi connectivity index (χ4v) is 2.66. The van der Waals surface area contributed by atoms with Gasteiger partial charge in [0.2, 0.25) is 0 Å². The number of hydrogen-bond donors (Lipinski definition) is 0. The minimum Gasteiger partial charge on any atom is -0.374 e. The molecule has 0 aliphatic heterocycles. The van der Waals surface area contributed by atoms with Crippen molar-refractivity contribution in [1.29, 1.82) is 0 Å². The number of anilines is 1. The molecule has 0 amide bonds. The SMILES string of the molecule is CN(CCc1cccs1)c1cc(Cl)ccc1C=O. The van der Waals surface area contributed by atoms with Gasteiger partial charge in [-0.05, 0) is 36.1 Å². The van der Waals surface area contributed by atoms with E-state index < -0.39 is 0 Å². The van der Waals surface area contributed by atoms with Gasteiger partial charge in [0.1, 0.15) is 0 Å². The molecule has 4 heteroatoms. The molecule has 94 valence electrons. The van der Waals surface area contributed by atoms with Gasteiger partial charge < -0.3 is 4.90 Å². The number of halogens is 1. The van der Waals surface area contributed by atoms with Crippen LogP contribution in [0.25, 0.3) is 0 Å². The lowest BCUT2D eigenvalue weighted by Gasteiger charge is -2.20. The van der Waals surface area contributed by atoms with Gasteiger partial charge in [0, 0.05) is 34.7 Å². The predicted molar refractivity (Wildman–Crippen MR) is 78.1 cm³/mol. The summed E-state index contributed by atoms with van der Waals surface area (Å²) in [6.45, 7) is 0.863. The highest BCUT2D eigenvalue weighted by Gasteiger charge is 2.08. The summed E-state index contributed by atoms with van der Waals surface area (Å²) < 4.78 is 0. The van der Waals surface area contributed by atoms with Crippen molar-refractivity contribution in [3.05, 3.63) is 51.2 Å². The Labute approximate surface area is 116 Å². The van der Waals surface area contributed by atoms with Gasteiger partial charge in [-0.25, -0.2) is 0 Å². The Morgan fingerprint density at radius 3 is 2.89 bits per heavy atom. The topological polar surface area (TPSA) is 20.3 Å². The number of rotatable bonds is 5. The van der Waals surface area contributed by atoms with Gasteiger partial charge in [0.05, 0.1) is 0 Å². The fraction of sp³-hybridized carbons (Fsp3) is 0.214. The average molecular weight is 280 g/mol. The molecule has 0 radical (unpaired) electrons. The molecule has 0 fully saturated rings. The molecule has 2 aromatic rings. The Morgan fingerprint density at radius 2 is 2.22 bits per heavy atom. The van der Waals surface area contributed by atoms with Crippen LogP contribution in [0, 0.1) is 0 Å². The number of aldehydes is 1. The van der Waals surface area contributed by atoms with E-state index in [2.05, 4.69) is 22.4 Å². The van der Waals surface area contributed by atoms with E-state index in [1.54, 1.807) is 23.5 Å². The maximum atomic E-state index is 11.0. The summed E-state index contributed by atoms with van der Waals surface area (Å²) in [6, 6.07) is 9.50. The normalized spacial score (nSPS) is 10.3. The number of nitrogens with zero attached hydrogens (tertiary/aromatic N) is 1. The summed E-state index contributed by atoms with van der Waals surface area (Å²) in [7, 11) is 1.98. The second-order valence-corrected chi connectivity index (χ2v) is 5.54. The zero-order chi connectivity index (χ0) is 13.0. The summed E-state index contributed by atoms with van der Waals surface area (Å²) in [5.41, 5.74) is 1.56. The molecule has 1 heterocycles. The molecule has 2 rings (SSSR count). The van der Waals surface area contributed by atoms with Gasteiger partial charge >= 0.3 is 0 Å². The van der Waals surface area contributed by atoms with Gasteiger partial charge in [-0.2, -0.15) is 0 Å². The van der Waals surface area contributed by atoms with Gasteiger partial charge in [-0.1, -0.05) is 17.7 Å². The van der Waals surface area contributed by atoms with Crippen molar-refractivity contribution in [2.75, 3.05) is 18.5 Å². The molecule has 0 N–H and O–H groups in total. The zero-order valence-corrected chi connectivity index (χ0v) is 11.7. The maximum absolute atomic E-state index is 11.0. The molecule has 18 heavy (non-hydrogen) atoms. The number of carbonyl (C=O) groups is 1. The highest BCUT2D eigenvalue weighted by atomic mass is 35.5. The molecular weight excluding hydrogens is 266 g/mol. The number of carbonyl (C=O) groups excluding carboxylic acids is 1. The first-order valence-corrected chi connectivity index (χ1v) is 6.94. The van der Waals surface area contributed by atoms with E-state index in [0.29, 0.717) is 10.6 Å². The highest BCUT2D eigenvalue weighted by Crippen LogP contribution is 2.23. The lowest BCUT2D eigenvalue weighted by atomic mass is 10.1. The molecule has 0 saturated heterocycles. The second-order valence-electron chi connectivity index (χ2n) is 4.07. The van der Waals surface area contributed by atoms with Crippen LogP contribution in [0.1, 0.15) is 15.2 Å². The van der Waals surface area contributed by atoms with E-state index in [1.165, 1.54) is 4.88 Å². The molecular formula is C14H14ClNOS. The third kappa shape index (κ3) is 3.12. The van der Waals surface area contributed by atoms with E-state index in [-0.39, 0.29) is 0 Å². The quantitative estimate of drug-likeness (QED) is 0.774. The van der Waals surface area contributed by atoms with Crippen molar-refractivity contribution < 1.29 is 4.79 Å². The van der Waals surface area contributed by atoms with Crippen LogP contribution in [0.2, 0.25) is 5.02 Å². The van der Waals surface area contributed by atoms with Crippen molar-refractivity contribution in [2.24, 2.45) is 0 Å². The van der Waals surface area contributed by atoms with Crippen molar-refractivity contribution >= 4 is 34.9 Å². The van der Waals surface area contributed by atoms with Crippen LogP contribution in [0.3, 0.4) is 0 Å². The zero-order valence-electron chi connectivity index (χ0n) is 10.1. The third-order valence-corrected chi connectivity index (χ3v) is 3.98. The Morgan fingerprint density at radius 1 is 1.39 bits per heavy atom. The van der Waals surface area contributed by atoms with Crippen LogP contribution in [0.15, 0.2) is 35.7 Å². The molecule has 1 aromatic heterocycles. The minimum atomic E-state index is 0.651. The molecule has 0 unspecified atom stereocenters. The molecule has 0 bridgehead atoms. The number of hydrogen-bond acceptors (Lipinski definition) is 3. The van der Waals surface area contributed by atoms with E-state index >= 15 is 0 Å². The first kappa shape index (κ1) is 13.1. The smallest absolute Gasteiger partial charge is 0.152 e. The lowest BCUT2D eigenvalue weighted by Crippen LogP contribution is -2.21. The number of thiophene rings is 1. The maximum Gasteiger partial charge on any atom is 0.152 e. The van der Waals surface area contributed by atoms with Gasteiger partial charge in [-0.3, -0.25) is 4.79 Å². The first-order chi connectivity index (χ1) is 8.70. The number of benzene rings is 1. The lowest BCUT2D eigenvalue weighted by molar-refractivity contribution is 0.112. The van der Waals surface area contributed by atoms with Crippen molar-refractivity contribution in [1.82, 2.24) is 0 Å². The average Bonchev–Trinajstić information content (AvgIpc) is 2.89. The molecule has 2 nitrogen and oxygen atoms in total. The Balaban J connectivity index is 2.10.